The highest BCUT2D eigenvalue weighted by molar-refractivity contribution is 6.06. The summed E-state index contributed by atoms with van der Waals surface area (Å²) in [6.45, 7) is 6.46. The van der Waals surface area contributed by atoms with E-state index >= 15 is 0 Å². The van der Waals surface area contributed by atoms with E-state index in [0.29, 0.717) is 13.0 Å². The van der Waals surface area contributed by atoms with Crippen LogP contribution in [0.3, 0.4) is 0 Å². The minimum atomic E-state index is -1.21. The lowest BCUT2D eigenvalue weighted by molar-refractivity contribution is -0.193. The molecule has 1 aromatic rings. The number of benzene rings is 1. The van der Waals surface area contributed by atoms with Gasteiger partial charge in [-0.05, 0) is 29.9 Å². The first-order valence-corrected chi connectivity index (χ1v) is 9.49. The van der Waals surface area contributed by atoms with E-state index < -0.39 is 22.8 Å². The smallest absolute Gasteiger partial charge is 0.322 e. The minimum absolute atomic E-state index is 0.0212. The van der Waals surface area contributed by atoms with Crippen LogP contribution in [0.1, 0.15) is 51.6 Å². The van der Waals surface area contributed by atoms with E-state index in [2.05, 4.69) is 6.92 Å². The Morgan fingerprint density at radius 2 is 1.81 bits per heavy atom. The molecule has 1 aromatic carbocycles. The molecular formula is C22H25NO4. The molecule has 2 aliphatic heterocycles. The van der Waals surface area contributed by atoms with Crippen LogP contribution in [0, 0.1) is 16.2 Å². The molecule has 0 radical (unpaired) electrons. The maximum absolute atomic E-state index is 13.9. The van der Waals surface area contributed by atoms with Crippen LogP contribution in [0.15, 0.2) is 42.6 Å². The molecule has 0 unspecified atom stereocenters. The molecule has 5 nitrogen and oxygen atoms in total. The van der Waals surface area contributed by atoms with Crippen LogP contribution in [0.5, 0.6) is 0 Å². The van der Waals surface area contributed by atoms with Crippen LogP contribution in [-0.2, 0) is 19.1 Å². The molecule has 0 N–H and O–H groups in total. The number of cyclic esters (lactones) is 1. The molecule has 3 atom stereocenters. The van der Waals surface area contributed by atoms with Gasteiger partial charge in [0, 0.05) is 18.0 Å². The van der Waals surface area contributed by atoms with Crippen molar-refractivity contribution in [2.75, 3.05) is 6.61 Å². The van der Waals surface area contributed by atoms with Gasteiger partial charge in [0.1, 0.15) is 0 Å². The fraction of sp³-hybridized carbons (Fsp3) is 0.500. The second kappa shape index (κ2) is 5.78. The summed E-state index contributed by atoms with van der Waals surface area (Å²) in [5, 5.41) is 0. The summed E-state index contributed by atoms with van der Waals surface area (Å²) in [7, 11) is 0. The van der Waals surface area contributed by atoms with Crippen molar-refractivity contribution in [3.05, 3.63) is 48.2 Å². The number of allylic oxidation sites excluding steroid dienone is 1. The zero-order chi connectivity index (χ0) is 19.4. The van der Waals surface area contributed by atoms with Gasteiger partial charge in [-0.1, -0.05) is 51.1 Å². The quantitative estimate of drug-likeness (QED) is 0.594. The van der Waals surface area contributed by atoms with Gasteiger partial charge in [-0.3, -0.25) is 14.4 Å². The Morgan fingerprint density at radius 1 is 1.11 bits per heavy atom. The zero-order valence-electron chi connectivity index (χ0n) is 16.0. The van der Waals surface area contributed by atoms with Gasteiger partial charge in [-0.25, -0.2) is 0 Å². The van der Waals surface area contributed by atoms with Gasteiger partial charge in [0.05, 0.1) is 12.6 Å². The van der Waals surface area contributed by atoms with Crippen molar-refractivity contribution >= 4 is 17.7 Å². The van der Waals surface area contributed by atoms with Crippen molar-refractivity contribution in [1.82, 2.24) is 4.90 Å². The van der Waals surface area contributed by atoms with Gasteiger partial charge >= 0.3 is 5.97 Å². The molecule has 2 heterocycles. The number of fused-ring (bicyclic) bond motifs is 2. The highest BCUT2D eigenvalue weighted by Gasteiger charge is 2.72. The molecule has 1 saturated heterocycles. The van der Waals surface area contributed by atoms with Gasteiger partial charge in [-0.15, -0.1) is 0 Å². The van der Waals surface area contributed by atoms with Crippen molar-refractivity contribution in [2.45, 2.75) is 46.1 Å². The lowest BCUT2D eigenvalue weighted by Crippen LogP contribution is -2.61. The summed E-state index contributed by atoms with van der Waals surface area (Å²) in [6, 6.07) is 9.12. The third-order valence-corrected chi connectivity index (χ3v) is 7.43. The van der Waals surface area contributed by atoms with E-state index in [0.717, 1.165) is 12.0 Å². The van der Waals surface area contributed by atoms with Crippen LogP contribution in [-0.4, -0.2) is 29.2 Å². The number of carbonyl (C=O) groups is 3. The number of amides is 1. The number of hydrogen-bond donors (Lipinski definition) is 0. The summed E-state index contributed by atoms with van der Waals surface area (Å²) < 4.78 is 5.50. The number of rotatable bonds is 2. The number of esters is 1. The van der Waals surface area contributed by atoms with Crippen LogP contribution in [0.2, 0.25) is 0 Å². The molecule has 0 aromatic heterocycles. The van der Waals surface area contributed by atoms with Gasteiger partial charge in [0.25, 0.3) is 0 Å². The molecule has 2 bridgehead atoms. The maximum atomic E-state index is 13.9. The first-order valence-electron chi connectivity index (χ1n) is 9.49. The predicted molar refractivity (Wildman–Crippen MR) is 99.3 cm³/mol. The summed E-state index contributed by atoms with van der Waals surface area (Å²) in [5.41, 5.74) is -1.07. The Morgan fingerprint density at radius 3 is 2.52 bits per heavy atom. The monoisotopic (exact) mass is 367 g/mol. The number of hydrogen-bond acceptors (Lipinski definition) is 4. The van der Waals surface area contributed by atoms with Crippen LogP contribution in [0.4, 0.5) is 0 Å². The summed E-state index contributed by atoms with van der Waals surface area (Å²) >= 11 is 0. The molecule has 1 amide bonds. The number of carbonyl (C=O) groups excluding carboxylic acids is 3. The van der Waals surface area contributed by atoms with Crippen LogP contribution < -0.4 is 0 Å². The molecule has 2 fully saturated rings. The number of nitrogens with zero attached hydrogens (tertiary/aromatic N) is 1. The second-order valence-corrected chi connectivity index (χ2v) is 8.79. The van der Waals surface area contributed by atoms with E-state index in [1.807, 2.05) is 44.2 Å². The maximum Gasteiger partial charge on any atom is 0.322 e. The fourth-order valence-corrected chi connectivity index (χ4v) is 5.03. The Labute approximate surface area is 159 Å². The predicted octanol–water partition coefficient (Wildman–Crippen LogP) is 3.41. The highest BCUT2D eigenvalue weighted by Crippen LogP contribution is 2.66. The Balaban J connectivity index is 1.79. The number of ketones is 1. The van der Waals surface area contributed by atoms with Gasteiger partial charge in [0.15, 0.2) is 11.2 Å². The molecule has 1 saturated carbocycles. The van der Waals surface area contributed by atoms with E-state index in [-0.39, 0.29) is 23.5 Å². The molecule has 0 spiro atoms. The second-order valence-electron chi connectivity index (χ2n) is 8.79. The number of ether oxygens (including phenoxy) is 1. The molecule has 5 heteroatoms. The van der Waals surface area contributed by atoms with E-state index in [4.69, 9.17) is 4.74 Å². The molecular weight excluding hydrogens is 342 g/mol. The first-order chi connectivity index (χ1) is 12.7. The SMILES string of the molecule is CC1(C)[C@@]2(C)CC[C@]1(C(=O)N1C=CC(=O)C[C@@H]1c1ccccc1)C(=O)OC2. The molecule has 142 valence electrons. The van der Waals surface area contributed by atoms with Crippen LogP contribution in [0.25, 0.3) is 0 Å². The normalized spacial score (nSPS) is 34.5. The standard InChI is InChI=1S/C22H25NO4/c1-20(2)21(3)10-11-22(20,19(26)27-14-21)18(25)23-12-9-16(24)13-17(23)15-7-5-4-6-8-15/h4-9,12,17H,10-11,13-14H2,1-3H3/t17-,21+,22+/m1/s1. The average molecular weight is 367 g/mol. The van der Waals surface area contributed by atoms with Crippen molar-refractivity contribution in [3.63, 3.8) is 0 Å². The van der Waals surface area contributed by atoms with Gasteiger partial charge in [0.2, 0.25) is 5.91 Å². The van der Waals surface area contributed by atoms with Crippen molar-refractivity contribution in [2.24, 2.45) is 16.2 Å². The summed E-state index contributed by atoms with van der Waals surface area (Å²) in [4.78, 5) is 40.5. The van der Waals surface area contributed by atoms with Gasteiger partial charge in [-0.2, -0.15) is 0 Å². The van der Waals surface area contributed by atoms with Crippen molar-refractivity contribution < 1.29 is 19.1 Å². The Kier molecular flexibility index (Phi) is 3.85. The van der Waals surface area contributed by atoms with E-state index in [1.54, 1.807) is 11.1 Å². The highest BCUT2D eigenvalue weighted by atomic mass is 16.5. The third-order valence-electron chi connectivity index (χ3n) is 7.43. The zero-order valence-corrected chi connectivity index (χ0v) is 16.0. The minimum Gasteiger partial charge on any atom is -0.464 e. The lowest BCUT2D eigenvalue weighted by Gasteiger charge is -2.51. The fourth-order valence-electron chi connectivity index (χ4n) is 5.03. The van der Waals surface area contributed by atoms with Crippen molar-refractivity contribution in [1.29, 1.82) is 0 Å². The average Bonchev–Trinajstić information content (AvgIpc) is 2.76. The van der Waals surface area contributed by atoms with E-state index in [1.165, 1.54) is 6.08 Å². The lowest BCUT2D eigenvalue weighted by atomic mass is 9.57. The summed E-state index contributed by atoms with van der Waals surface area (Å²) in [5.74, 6) is -0.699. The topological polar surface area (TPSA) is 63.7 Å². The molecule has 1 aliphatic carbocycles. The third kappa shape index (κ3) is 2.27. The van der Waals surface area contributed by atoms with Crippen LogP contribution >= 0.6 is 0 Å². The molecule has 3 aliphatic rings. The van der Waals surface area contributed by atoms with Crippen molar-refractivity contribution in [3.8, 4) is 0 Å². The molecule has 27 heavy (non-hydrogen) atoms. The summed E-state index contributed by atoms with van der Waals surface area (Å²) in [6.07, 6.45) is 4.45. The van der Waals surface area contributed by atoms with Gasteiger partial charge < -0.3 is 9.64 Å². The first kappa shape index (κ1) is 18.0. The largest absolute Gasteiger partial charge is 0.464 e. The Bertz CT molecular complexity index is 843. The molecule has 4 rings (SSSR count). The van der Waals surface area contributed by atoms with E-state index in [9.17, 15) is 14.4 Å². The Hall–Kier alpha value is -2.43.